The van der Waals surface area contributed by atoms with E-state index in [1.165, 1.54) is 31.4 Å². The van der Waals surface area contributed by atoms with Crippen molar-refractivity contribution in [2.75, 3.05) is 0 Å². The summed E-state index contributed by atoms with van der Waals surface area (Å²) in [7, 11) is 0. The van der Waals surface area contributed by atoms with Crippen molar-refractivity contribution in [3.63, 3.8) is 0 Å². The maximum Gasteiger partial charge on any atom is 0.0554 e. The molecular weight excluding hydrogens is 160 g/mol. The average molecular weight is 180 g/mol. The van der Waals surface area contributed by atoms with E-state index in [4.69, 9.17) is 0 Å². The predicted molar refractivity (Wildman–Crippen MR) is 55.8 cm³/mol. The van der Waals surface area contributed by atoms with Gasteiger partial charge >= 0.3 is 0 Å². The van der Waals surface area contributed by atoms with Crippen LogP contribution in [0.15, 0.2) is 5.10 Å². The fourth-order valence-corrected chi connectivity index (χ4v) is 2.74. The second-order valence-corrected chi connectivity index (χ2v) is 4.67. The lowest BCUT2D eigenvalue weighted by Crippen LogP contribution is -2.39. The van der Waals surface area contributed by atoms with Crippen LogP contribution in [0.4, 0.5) is 0 Å². The van der Waals surface area contributed by atoms with E-state index in [0.717, 1.165) is 12.0 Å². The summed E-state index contributed by atoms with van der Waals surface area (Å²) < 4.78 is 0. The summed E-state index contributed by atoms with van der Waals surface area (Å²) >= 11 is 0. The Morgan fingerprint density at radius 2 is 2.00 bits per heavy atom. The summed E-state index contributed by atoms with van der Waals surface area (Å²) in [5.74, 6) is 0.774. The molecule has 0 N–H and O–H groups in total. The molecule has 2 atom stereocenters. The van der Waals surface area contributed by atoms with E-state index in [2.05, 4.69) is 30.9 Å². The van der Waals surface area contributed by atoms with Gasteiger partial charge in [-0.25, -0.2) is 0 Å². The molecule has 13 heavy (non-hydrogen) atoms. The van der Waals surface area contributed by atoms with E-state index in [-0.39, 0.29) is 0 Å². The Balaban J connectivity index is 2.15. The van der Waals surface area contributed by atoms with E-state index < -0.39 is 0 Å². The van der Waals surface area contributed by atoms with Crippen molar-refractivity contribution in [2.24, 2.45) is 11.0 Å². The van der Waals surface area contributed by atoms with Crippen LogP contribution in [0.2, 0.25) is 0 Å². The third kappa shape index (κ3) is 1.47. The van der Waals surface area contributed by atoms with Gasteiger partial charge in [-0.3, -0.25) is 5.01 Å². The molecule has 2 unspecified atom stereocenters. The highest BCUT2D eigenvalue weighted by Crippen LogP contribution is 2.35. The predicted octanol–water partition coefficient (Wildman–Crippen LogP) is 2.65. The van der Waals surface area contributed by atoms with Gasteiger partial charge in [0.25, 0.3) is 0 Å². The van der Waals surface area contributed by atoms with Crippen LogP contribution in [0.1, 0.15) is 46.5 Å². The Morgan fingerprint density at radius 1 is 1.31 bits per heavy atom. The Kier molecular flexibility index (Phi) is 2.31. The minimum absolute atomic E-state index is 0.572. The third-order valence-electron chi connectivity index (χ3n) is 3.41. The maximum atomic E-state index is 4.68. The van der Waals surface area contributed by atoms with Crippen molar-refractivity contribution in [3.8, 4) is 0 Å². The number of hydrazone groups is 1. The van der Waals surface area contributed by atoms with Gasteiger partial charge in [0, 0.05) is 17.7 Å². The van der Waals surface area contributed by atoms with E-state index in [0.29, 0.717) is 6.04 Å². The fourth-order valence-electron chi connectivity index (χ4n) is 2.74. The highest BCUT2D eigenvalue weighted by atomic mass is 15.5. The molecule has 0 saturated heterocycles. The molecule has 2 aliphatic rings. The highest BCUT2D eigenvalue weighted by Gasteiger charge is 2.37. The number of rotatable bonds is 1. The number of hydrogen-bond acceptors (Lipinski definition) is 2. The lowest BCUT2D eigenvalue weighted by Gasteiger charge is -2.33. The van der Waals surface area contributed by atoms with Crippen LogP contribution in [-0.2, 0) is 0 Å². The van der Waals surface area contributed by atoms with Crippen molar-refractivity contribution in [2.45, 2.75) is 58.5 Å². The molecule has 0 aromatic heterocycles. The molecular formula is C11H20N2. The molecule has 0 amide bonds. The van der Waals surface area contributed by atoms with Crippen LogP contribution in [0.5, 0.6) is 0 Å². The van der Waals surface area contributed by atoms with Crippen molar-refractivity contribution in [1.29, 1.82) is 0 Å². The van der Waals surface area contributed by atoms with Crippen molar-refractivity contribution in [3.05, 3.63) is 0 Å². The summed E-state index contributed by atoms with van der Waals surface area (Å²) in [6.07, 6.45) is 5.51. The number of nitrogens with zero attached hydrogens (tertiary/aromatic N) is 2. The van der Waals surface area contributed by atoms with Gasteiger partial charge in [-0.15, -0.1) is 0 Å². The molecule has 0 spiro atoms. The van der Waals surface area contributed by atoms with Crippen LogP contribution in [0.3, 0.4) is 0 Å². The molecule has 0 radical (unpaired) electrons. The Hall–Kier alpha value is -0.530. The second-order valence-electron chi connectivity index (χ2n) is 4.67. The van der Waals surface area contributed by atoms with Crippen molar-refractivity contribution in [1.82, 2.24) is 5.01 Å². The van der Waals surface area contributed by atoms with E-state index >= 15 is 0 Å². The summed E-state index contributed by atoms with van der Waals surface area (Å²) in [5.41, 5.74) is 1.37. The minimum Gasteiger partial charge on any atom is -0.291 e. The third-order valence-corrected chi connectivity index (χ3v) is 3.41. The molecule has 2 heteroatoms. The smallest absolute Gasteiger partial charge is 0.0554 e. The summed E-state index contributed by atoms with van der Waals surface area (Å²) in [5, 5.41) is 7.02. The molecule has 1 heterocycles. The van der Waals surface area contributed by atoms with Gasteiger partial charge in [0.1, 0.15) is 0 Å². The first kappa shape index (κ1) is 9.04. The molecule has 1 saturated carbocycles. The molecule has 0 bridgehead atoms. The Bertz CT molecular complexity index is 220. The molecule has 2 rings (SSSR count). The van der Waals surface area contributed by atoms with Crippen LogP contribution in [0.25, 0.3) is 0 Å². The average Bonchev–Trinajstić information content (AvgIpc) is 2.45. The van der Waals surface area contributed by atoms with Gasteiger partial charge in [-0.05, 0) is 33.6 Å². The molecule has 1 fully saturated rings. The largest absolute Gasteiger partial charge is 0.291 e. The summed E-state index contributed by atoms with van der Waals surface area (Å²) in [6, 6.07) is 1.30. The van der Waals surface area contributed by atoms with Gasteiger partial charge in [-0.1, -0.05) is 12.8 Å². The minimum atomic E-state index is 0.572. The molecule has 1 aliphatic heterocycles. The first-order valence-electron chi connectivity index (χ1n) is 5.53. The Morgan fingerprint density at radius 3 is 2.69 bits per heavy atom. The fraction of sp³-hybridized carbons (Fsp3) is 0.909. The first-order valence-corrected chi connectivity index (χ1v) is 5.53. The first-order chi connectivity index (χ1) is 6.20. The topological polar surface area (TPSA) is 15.6 Å². The zero-order chi connectivity index (χ0) is 9.42. The molecule has 74 valence electrons. The molecule has 2 nitrogen and oxygen atoms in total. The highest BCUT2D eigenvalue weighted by molar-refractivity contribution is 5.86. The van der Waals surface area contributed by atoms with Crippen LogP contribution < -0.4 is 0 Å². The van der Waals surface area contributed by atoms with E-state index in [1.807, 2.05) is 0 Å². The molecule has 1 aliphatic carbocycles. The lowest BCUT2D eigenvalue weighted by atomic mass is 9.82. The Labute approximate surface area is 81.0 Å². The van der Waals surface area contributed by atoms with Crippen LogP contribution >= 0.6 is 0 Å². The van der Waals surface area contributed by atoms with Gasteiger partial charge in [0.2, 0.25) is 0 Å². The summed E-state index contributed by atoms with van der Waals surface area (Å²) in [4.78, 5) is 0. The zero-order valence-corrected chi connectivity index (χ0v) is 8.95. The van der Waals surface area contributed by atoms with E-state index in [9.17, 15) is 0 Å². The SMILES string of the molecule is CC1=NN(C(C)C)C2CCCCC12. The quantitative estimate of drug-likeness (QED) is 0.605. The molecule has 0 aromatic carbocycles. The zero-order valence-electron chi connectivity index (χ0n) is 8.95. The van der Waals surface area contributed by atoms with Crippen molar-refractivity contribution >= 4 is 5.71 Å². The number of hydrogen-bond donors (Lipinski definition) is 0. The lowest BCUT2D eigenvalue weighted by molar-refractivity contribution is 0.129. The van der Waals surface area contributed by atoms with Gasteiger partial charge in [-0.2, -0.15) is 5.10 Å². The van der Waals surface area contributed by atoms with Gasteiger partial charge < -0.3 is 0 Å². The monoisotopic (exact) mass is 180 g/mol. The normalized spacial score (nSPS) is 33.5. The van der Waals surface area contributed by atoms with E-state index in [1.54, 1.807) is 0 Å². The maximum absolute atomic E-state index is 4.68. The van der Waals surface area contributed by atoms with Crippen molar-refractivity contribution < 1.29 is 0 Å². The number of fused-ring (bicyclic) bond motifs is 1. The standard InChI is InChI=1S/C11H20N2/c1-8(2)13-11-7-5-4-6-10(11)9(3)12-13/h8,10-11H,4-7H2,1-3H3. The van der Waals surface area contributed by atoms with Gasteiger partial charge in [0.15, 0.2) is 0 Å². The van der Waals surface area contributed by atoms with Crippen LogP contribution in [0, 0.1) is 5.92 Å². The van der Waals surface area contributed by atoms with Crippen LogP contribution in [-0.4, -0.2) is 22.8 Å². The summed E-state index contributed by atoms with van der Waals surface area (Å²) in [6.45, 7) is 6.69. The second kappa shape index (κ2) is 3.32. The van der Waals surface area contributed by atoms with Gasteiger partial charge in [0.05, 0.1) is 6.04 Å². The molecule has 0 aromatic rings.